The zero-order valence-corrected chi connectivity index (χ0v) is 14.1. The van der Waals surface area contributed by atoms with E-state index < -0.39 is 10.0 Å². The first-order valence-corrected chi connectivity index (χ1v) is 8.65. The van der Waals surface area contributed by atoms with E-state index in [1.807, 2.05) is 6.92 Å². The summed E-state index contributed by atoms with van der Waals surface area (Å²) in [5, 5.41) is 0. The molecule has 7 heteroatoms. The predicted molar refractivity (Wildman–Crippen MR) is 85.0 cm³/mol. The number of amides is 1. The van der Waals surface area contributed by atoms with E-state index in [4.69, 9.17) is 5.73 Å². The number of hydrogen-bond acceptors (Lipinski definition) is 4. The van der Waals surface area contributed by atoms with Crippen molar-refractivity contribution in [1.29, 1.82) is 0 Å². The quantitative estimate of drug-likeness (QED) is 0.885. The second kappa shape index (κ2) is 5.98. The molecular formula is C15H23N3O3S. The first-order valence-electron chi connectivity index (χ1n) is 7.21. The molecule has 1 atom stereocenters. The first kappa shape index (κ1) is 16.9. The first-order chi connectivity index (χ1) is 10.2. The summed E-state index contributed by atoms with van der Waals surface area (Å²) >= 11 is 0. The van der Waals surface area contributed by atoms with Crippen LogP contribution in [0, 0.1) is 5.41 Å². The number of hydrogen-bond donors (Lipinski definition) is 1. The molecule has 1 aliphatic heterocycles. The highest BCUT2D eigenvalue weighted by molar-refractivity contribution is 7.89. The van der Waals surface area contributed by atoms with E-state index in [0.29, 0.717) is 25.2 Å². The highest BCUT2D eigenvalue weighted by Gasteiger charge is 2.39. The zero-order chi connectivity index (χ0) is 16.5. The third kappa shape index (κ3) is 3.16. The van der Waals surface area contributed by atoms with Gasteiger partial charge in [0.05, 0.1) is 4.90 Å². The van der Waals surface area contributed by atoms with Crippen molar-refractivity contribution in [2.75, 3.05) is 33.7 Å². The molecule has 1 aromatic carbocycles. The van der Waals surface area contributed by atoms with Crippen LogP contribution in [0.3, 0.4) is 0 Å². The van der Waals surface area contributed by atoms with E-state index in [1.54, 1.807) is 26.2 Å². The molecule has 1 aliphatic rings. The van der Waals surface area contributed by atoms with Crippen LogP contribution in [0.2, 0.25) is 0 Å². The molecule has 0 aromatic heterocycles. The van der Waals surface area contributed by atoms with Gasteiger partial charge in [0.15, 0.2) is 0 Å². The molecule has 2 rings (SSSR count). The van der Waals surface area contributed by atoms with Gasteiger partial charge in [0, 0.05) is 32.7 Å². The molecule has 0 bridgehead atoms. The molecule has 0 aliphatic carbocycles. The summed E-state index contributed by atoms with van der Waals surface area (Å²) in [6, 6.07) is 6.19. The predicted octanol–water partition coefficient (Wildman–Crippen LogP) is 0.748. The van der Waals surface area contributed by atoms with Gasteiger partial charge in [0.25, 0.3) is 5.91 Å². The van der Waals surface area contributed by atoms with Crippen molar-refractivity contribution < 1.29 is 13.2 Å². The van der Waals surface area contributed by atoms with Gasteiger partial charge in [-0.05, 0) is 36.6 Å². The highest BCUT2D eigenvalue weighted by Crippen LogP contribution is 2.32. The third-order valence-corrected chi connectivity index (χ3v) is 5.98. The molecule has 22 heavy (non-hydrogen) atoms. The molecule has 1 saturated heterocycles. The summed E-state index contributed by atoms with van der Waals surface area (Å²) < 4.78 is 26.9. The summed E-state index contributed by atoms with van der Waals surface area (Å²) in [5.41, 5.74) is 5.93. The van der Waals surface area contributed by atoms with Gasteiger partial charge >= 0.3 is 0 Å². The van der Waals surface area contributed by atoms with Gasteiger partial charge in [-0.1, -0.05) is 13.0 Å². The standard InChI is InChI=1S/C15H23N3O3S/c1-15(10-16)7-8-18(11-15)22(20,21)13-6-4-5-12(9-13)14(19)17(2)3/h4-6,9H,7-8,10-11,16H2,1-3H3. The van der Waals surface area contributed by atoms with Crippen LogP contribution >= 0.6 is 0 Å². The molecule has 122 valence electrons. The van der Waals surface area contributed by atoms with Crippen LogP contribution < -0.4 is 5.73 Å². The van der Waals surface area contributed by atoms with Crippen molar-refractivity contribution in [3.05, 3.63) is 29.8 Å². The molecule has 2 N–H and O–H groups in total. The molecule has 1 heterocycles. The van der Waals surface area contributed by atoms with Crippen LogP contribution in [0.25, 0.3) is 0 Å². The van der Waals surface area contributed by atoms with Crippen LogP contribution in [-0.4, -0.2) is 57.3 Å². The molecule has 1 aromatic rings. The van der Waals surface area contributed by atoms with Crippen molar-refractivity contribution >= 4 is 15.9 Å². The van der Waals surface area contributed by atoms with Crippen molar-refractivity contribution in [3.8, 4) is 0 Å². The lowest BCUT2D eigenvalue weighted by atomic mass is 9.90. The summed E-state index contributed by atoms with van der Waals surface area (Å²) in [6.45, 7) is 3.33. The maximum atomic E-state index is 12.7. The van der Waals surface area contributed by atoms with Gasteiger partial charge in [-0.3, -0.25) is 4.79 Å². The SMILES string of the molecule is CN(C)C(=O)c1cccc(S(=O)(=O)N2CCC(C)(CN)C2)c1. The van der Waals surface area contributed by atoms with E-state index in [-0.39, 0.29) is 16.2 Å². The normalized spacial score (nSPS) is 22.7. The fourth-order valence-electron chi connectivity index (χ4n) is 2.55. The van der Waals surface area contributed by atoms with Crippen molar-refractivity contribution in [2.24, 2.45) is 11.1 Å². The average Bonchev–Trinajstić information content (AvgIpc) is 2.90. The zero-order valence-electron chi connectivity index (χ0n) is 13.2. The van der Waals surface area contributed by atoms with Crippen molar-refractivity contribution in [1.82, 2.24) is 9.21 Å². The Labute approximate surface area is 131 Å². The number of nitrogens with zero attached hydrogens (tertiary/aromatic N) is 2. The Morgan fingerprint density at radius 2 is 2.09 bits per heavy atom. The Hall–Kier alpha value is -1.44. The number of carbonyl (C=O) groups is 1. The van der Waals surface area contributed by atoms with E-state index in [2.05, 4.69) is 0 Å². The second-order valence-electron chi connectivity index (χ2n) is 6.33. The lowest BCUT2D eigenvalue weighted by molar-refractivity contribution is 0.0827. The monoisotopic (exact) mass is 325 g/mol. The van der Waals surface area contributed by atoms with E-state index in [0.717, 1.165) is 6.42 Å². The van der Waals surface area contributed by atoms with Gasteiger partial charge < -0.3 is 10.6 Å². The number of sulfonamides is 1. The van der Waals surface area contributed by atoms with Crippen LogP contribution in [0.4, 0.5) is 0 Å². The van der Waals surface area contributed by atoms with Gasteiger partial charge in [0.1, 0.15) is 0 Å². The molecule has 1 unspecified atom stereocenters. The Balaban J connectivity index is 2.31. The Morgan fingerprint density at radius 3 is 2.64 bits per heavy atom. The van der Waals surface area contributed by atoms with Crippen LogP contribution in [0.15, 0.2) is 29.2 Å². The highest BCUT2D eigenvalue weighted by atomic mass is 32.2. The minimum Gasteiger partial charge on any atom is -0.345 e. The summed E-state index contributed by atoms with van der Waals surface area (Å²) in [7, 11) is -0.323. The van der Waals surface area contributed by atoms with E-state index in [1.165, 1.54) is 21.3 Å². The van der Waals surface area contributed by atoms with Gasteiger partial charge in [-0.25, -0.2) is 8.42 Å². The number of benzene rings is 1. The topological polar surface area (TPSA) is 83.7 Å². The number of nitrogens with two attached hydrogens (primary N) is 1. The molecule has 1 amide bonds. The molecular weight excluding hydrogens is 302 g/mol. The van der Waals surface area contributed by atoms with Crippen LogP contribution in [0.1, 0.15) is 23.7 Å². The smallest absolute Gasteiger partial charge is 0.253 e. The minimum absolute atomic E-state index is 0.154. The van der Waals surface area contributed by atoms with Crippen LogP contribution in [0.5, 0.6) is 0 Å². The van der Waals surface area contributed by atoms with Gasteiger partial charge in [0.2, 0.25) is 10.0 Å². The molecule has 1 fully saturated rings. The maximum absolute atomic E-state index is 12.7. The van der Waals surface area contributed by atoms with Gasteiger partial charge in [-0.15, -0.1) is 0 Å². The second-order valence-corrected chi connectivity index (χ2v) is 8.27. The largest absolute Gasteiger partial charge is 0.345 e. The fourth-order valence-corrected chi connectivity index (χ4v) is 4.18. The minimum atomic E-state index is -3.59. The molecule has 6 nitrogen and oxygen atoms in total. The fraction of sp³-hybridized carbons (Fsp3) is 0.533. The van der Waals surface area contributed by atoms with E-state index in [9.17, 15) is 13.2 Å². The van der Waals surface area contributed by atoms with Gasteiger partial charge in [-0.2, -0.15) is 4.31 Å². The lowest BCUT2D eigenvalue weighted by Crippen LogP contribution is -2.34. The van der Waals surface area contributed by atoms with Crippen molar-refractivity contribution in [2.45, 2.75) is 18.2 Å². The molecule has 0 spiro atoms. The third-order valence-electron chi connectivity index (χ3n) is 4.14. The number of rotatable bonds is 4. The van der Waals surface area contributed by atoms with Crippen LogP contribution in [-0.2, 0) is 10.0 Å². The summed E-state index contributed by atoms with van der Waals surface area (Å²) in [6.07, 6.45) is 0.749. The van der Waals surface area contributed by atoms with E-state index >= 15 is 0 Å². The number of carbonyl (C=O) groups excluding carboxylic acids is 1. The lowest BCUT2D eigenvalue weighted by Gasteiger charge is -2.22. The maximum Gasteiger partial charge on any atom is 0.253 e. The van der Waals surface area contributed by atoms with Crippen molar-refractivity contribution in [3.63, 3.8) is 0 Å². The average molecular weight is 325 g/mol. The Bertz CT molecular complexity index is 672. The Morgan fingerprint density at radius 1 is 1.41 bits per heavy atom. The summed E-state index contributed by atoms with van der Waals surface area (Å²) in [5.74, 6) is -0.217. The summed E-state index contributed by atoms with van der Waals surface area (Å²) in [4.78, 5) is 13.6. The molecule has 0 saturated carbocycles. The molecule has 0 radical (unpaired) electrons. The Kier molecular flexibility index (Phi) is 4.60.